The van der Waals surface area contributed by atoms with Crippen LogP contribution in [0.25, 0.3) is 11.3 Å². The highest BCUT2D eigenvalue weighted by Crippen LogP contribution is 2.38. The summed E-state index contributed by atoms with van der Waals surface area (Å²) >= 11 is 5.99. The number of likely N-dealkylation sites (N-methyl/N-ethyl adjacent to an activating group) is 1. The van der Waals surface area contributed by atoms with Gasteiger partial charge in [0, 0.05) is 23.4 Å². The van der Waals surface area contributed by atoms with Gasteiger partial charge in [0.15, 0.2) is 16.7 Å². The molecule has 0 spiro atoms. The molecule has 3 aromatic heterocycles. The fourth-order valence-electron chi connectivity index (χ4n) is 2.78. The van der Waals surface area contributed by atoms with Crippen LogP contribution in [0, 0.1) is 0 Å². The molecule has 1 saturated carbocycles. The van der Waals surface area contributed by atoms with Crippen molar-refractivity contribution < 1.29 is 13.6 Å². The second kappa shape index (κ2) is 8.00. The van der Waals surface area contributed by atoms with Crippen LogP contribution in [-0.2, 0) is 11.2 Å². The fourth-order valence-corrected chi connectivity index (χ4v) is 2.93. The third kappa shape index (κ3) is 4.11. The second-order valence-corrected chi connectivity index (χ2v) is 6.79. The van der Waals surface area contributed by atoms with Crippen molar-refractivity contribution in [2.75, 3.05) is 19.4 Å². The van der Waals surface area contributed by atoms with Gasteiger partial charge in [-0.25, -0.2) is 4.98 Å². The van der Waals surface area contributed by atoms with Crippen LogP contribution in [0.3, 0.4) is 0 Å². The Bertz CT molecular complexity index is 1150. The quantitative estimate of drug-likeness (QED) is 0.600. The first-order chi connectivity index (χ1) is 15.2. The summed E-state index contributed by atoms with van der Waals surface area (Å²) in [5.74, 6) is -0.0104. The standard InChI is InChI=1S/C18H19ClN8O2/c1-20-16(28)8-13-12(7-15(19)25-24-13)23-18-17(29-2)11(5-6-21-18)14-9-22-27(26-14)10-3-4-10/h5-7,9-10H,3-4,8H2,1-2H3,(H,20,28)(H,21,23,25)/i1D3. The Balaban J connectivity index is 1.63. The average Bonchev–Trinajstić information content (AvgIpc) is 3.45. The van der Waals surface area contributed by atoms with Gasteiger partial charge in [-0.3, -0.25) is 4.79 Å². The number of carbonyl (C=O) groups is 1. The van der Waals surface area contributed by atoms with E-state index in [4.69, 9.17) is 20.5 Å². The number of amides is 1. The van der Waals surface area contributed by atoms with Crippen LogP contribution in [0.15, 0.2) is 24.5 Å². The summed E-state index contributed by atoms with van der Waals surface area (Å²) in [6.07, 6.45) is 5.02. The lowest BCUT2D eigenvalue weighted by atomic mass is 10.1. The molecule has 4 rings (SSSR count). The van der Waals surface area contributed by atoms with E-state index >= 15 is 0 Å². The van der Waals surface area contributed by atoms with Crippen molar-refractivity contribution in [3.05, 3.63) is 35.4 Å². The summed E-state index contributed by atoms with van der Waals surface area (Å²) in [6, 6.07) is 3.56. The number of hydrogen-bond acceptors (Lipinski definition) is 8. The Labute approximate surface area is 175 Å². The van der Waals surface area contributed by atoms with Crippen molar-refractivity contribution in [3.63, 3.8) is 0 Å². The molecule has 29 heavy (non-hydrogen) atoms. The number of nitrogens with zero attached hydrogens (tertiary/aromatic N) is 6. The lowest BCUT2D eigenvalue weighted by Crippen LogP contribution is -2.21. The van der Waals surface area contributed by atoms with Crippen LogP contribution in [0.4, 0.5) is 11.5 Å². The van der Waals surface area contributed by atoms with E-state index in [1.165, 1.54) is 13.2 Å². The summed E-state index contributed by atoms with van der Waals surface area (Å²) in [6.45, 7) is -2.61. The monoisotopic (exact) mass is 417 g/mol. The zero-order valence-electron chi connectivity index (χ0n) is 18.4. The SMILES string of the molecule is [2H]C([2H])([2H])NC(=O)Cc1nnc(Cl)cc1Nc1nccc(-c2cnn(C3CC3)n2)c1OC. The number of carbonyl (C=O) groups excluding carboxylic acids is 1. The predicted octanol–water partition coefficient (Wildman–Crippen LogP) is 2.16. The molecule has 3 aromatic rings. The fraction of sp³-hybridized carbons (Fsp3) is 0.333. The molecule has 1 amide bonds. The van der Waals surface area contributed by atoms with Gasteiger partial charge in [0.05, 0.1) is 42.7 Å². The Morgan fingerprint density at radius 2 is 2.31 bits per heavy atom. The Hall–Kier alpha value is -3.27. The second-order valence-electron chi connectivity index (χ2n) is 6.40. The molecule has 0 bridgehead atoms. The highest BCUT2D eigenvalue weighted by atomic mass is 35.5. The molecule has 0 unspecified atom stereocenters. The molecule has 0 atom stereocenters. The molecule has 150 valence electrons. The van der Waals surface area contributed by atoms with Crippen LogP contribution < -0.4 is 15.4 Å². The van der Waals surface area contributed by atoms with E-state index in [1.54, 1.807) is 23.3 Å². The number of rotatable bonds is 7. The molecule has 1 aliphatic carbocycles. The summed E-state index contributed by atoms with van der Waals surface area (Å²) in [5.41, 5.74) is 1.81. The molecule has 3 heterocycles. The minimum atomic E-state index is -2.61. The first-order valence-electron chi connectivity index (χ1n) is 10.3. The summed E-state index contributed by atoms with van der Waals surface area (Å²) in [4.78, 5) is 18.1. The number of halogens is 1. The first kappa shape index (κ1) is 15.6. The zero-order chi connectivity index (χ0) is 22.9. The number of nitrogens with one attached hydrogen (secondary N) is 2. The van der Waals surface area contributed by atoms with E-state index in [0.29, 0.717) is 34.6 Å². The molecule has 2 N–H and O–H groups in total. The molecule has 0 radical (unpaired) electrons. The minimum Gasteiger partial charge on any atom is -0.492 e. The van der Waals surface area contributed by atoms with Gasteiger partial charge >= 0.3 is 0 Å². The van der Waals surface area contributed by atoms with Crippen LogP contribution in [0.1, 0.15) is 28.7 Å². The molecule has 1 fully saturated rings. The van der Waals surface area contributed by atoms with Crippen LogP contribution in [0.5, 0.6) is 5.75 Å². The molecule has 0 aromatic carbocycles. The molecule has 11 heteroatoms. The highest BCUT2D eigenvalue weighted by Gasteiger charge is 2.26. The Kier molecular flexibility index (Phi) is 4.31. The van der Waals surface area contributed by atoms with E-state index in [1.807, 2.05) is 5.32 Å². The van der Waals surface area contributed by atoms with Crippen molar-refractivity contribution in [3.8, 4) is 17.0 Å². The molecule has 0 aliphatic heterocycles. The van der Waals surface area contributed by atoms with Gasteiger partial charge in [-0.1, -0.05) is 11.6 Å². The maximum Gasteiger partial charge on any atom is 0.225 e. The van der Waals surface area contributed by atoms with Crippen LogP contribution in [-0.4, -0.2) is 50.2 Å². The van der Waals surface area contributed by atoms with E-state index in [2.05, 4.69) is 30.7 Å². The van der Waals surface area contributed by atoms with E-state index in [-0.39, 0.29) is 17.3 Å². The van der Waals surface area contributed by atoms with Crippen molar-refractivity contribution in [1.82, 2.24) is 35.5 Å². The maximum atomic E-state index is 12.1. The zero-order valence-corrected chi connectivity index (χ0v) is 16.1. The van der Waals surface area contributed by atoms with E-state index in [9.17, 15) is 4.79 Å². The van der Waals surface area contributed by atoms with Crippen molar-refractivity contribution in [2.24, 2.45) is 0 Å². The summed E-state index contributed by atoms with van der Waals surface area (Å²) in [5, 5.41) is 21.6. The number of hydrogen-bond donors (Lipinski definition) is 2. The summed E-state index contributed by atoms with van der Waals surface area (Å²) in [7, 11) is 1.50. The lowest BCUT2D eigenvalue weighted by molar-refractivity contribution is -0.120. The predicted molar refractivity (Wildman–Crippen MR) is 106 cm³/mol. The van der Waals surface area contributed by atoms with Gasteiger partial charge in [0.2, 0.25) is 5.91 Å². The number of ether oxygens (including phenoxy) is 1. The Morgan fingerprint density at radius 1 is 1.45 bits per heavy atom. The maximum absolute atomic E-state index is 12.1. The van der Waals surface area contributed by atoms with Crippen LogP contribution in [0.2, 0.25) is 5.15 Å². The topological polar surface area (TPSA) is 120 Å². The van der Waals surface area contributed by atoms with Crippen molar-refractivity contribution >= 4 is 29.0 Å². The first-order valence-corrected chi connectivity index (χ1v) is 9.16. The normalized spacial score (nSPS) is 15.2. The molecule has 10 nitrogen and oxygen atoms in total. The molecule has 0 saturated heterocycles. The lowest BCUT2D eigenvalue weighted by Gasteiger charge is -2.14. The largest absolute Gasteiger partial charge is 0.492 e. The molecular formula is C18H19ClN8O2. The van der Waals surface area contributed by atoms with Crippen LogP contribution >= 0.6 is 11.6 Å². The average molecular weight is 418 g/mol. The van der Waals surface area contributed by atoms with E-state index in [0.717, 1.165) is 12.8 Å². The number of aromatic nitrogens is 6. The third-order valence-corrected chi connectivity index (χ3v) is 4.51. The van der Waals surface area contributed by atoms with Gasteiger partial charge in [-0.05, 0) is 18.9 Å². The van der Waals surface area contributed by atoms with Gasteiger partial charge in [0.25, 0.3) is 0 Å². The molecule has 1 aliphatic rings. The van der Waals surface area contributed by atoms with Gasteiger partial charge < -0.3 is 15.4 Å². The van der Waals surface area contributed by atoms with Crippen molar-refractivity contribution in [2.45, 2.75) is 25.3 Å². The van der Waals surface area contributed by atoms with Gasteiger partial charge in [-0.2, -0.15) is 20.1 Å². The van der Waals surface area contributed by atoms with Crippen molar-refractivity contribution in [1.29, 1.82) is 0 Å². The summed E-state index contributed by atoms with van der Waals surface area (Å²) < 4.78 is 27.1. The van der Waals surface area contributed by atoms with Gasteiger partial charge in [-0.15, -0.1) is 5.10 Å². The number of pyridine rings is 1. The van der Waals surface area contributed by atoms with Gasteiger partial charge in [0.1, 0.15) is 5.69 Å². The third-order valence-electron chi connectivity index (χ3n) is 4.33. The van der Waals surface area contributed by atoms with E-state index < -0.39 is 12.9 Å². The number of anilines is 2. The molecular weight excluding hydrogens is 396 g/mol. The number of methoxy groups -OCH3 is 1. The smallest absolute Gasteiger partial charge is 0.225 e. The Morgan fingerprint density at radius 3 is 3.07 bits per heavy atom. The highest BCUT2D eigenvalue weighted by molar-refractivity contribution is 6.29. The minimum absolute atomic E-state index is 0.0787.